The molecule has 1 atom stereocenters. The van der Waals surface area contributed by atoms with Gasteiger partial charge in [0.05, 0.1) is 11.5 Å². The van der Waals surface area contributed by atoms with Crippen molar-refractivity contribution in [1.29, 1.82) is 0 Å². The first-order valence-corrected chi connectivity index (χ1v) is 9.05. The van der Waals surface area contributed by atoms with Crippen LogP contribution in [0.1, 0.15) is 13.3 Å². The molecule has 2 fully saturated rings. The maximum absolute atomic E-state index is 12.2. The fourth-order valence-corrected chi connectivity index (χ4v) is 4.53. The van der Waals surface area contributed by atoms with Crippen molar-refractivity contribution in [3.05, 3.63) is 0 Å². The lowest BCUT2D eigenvalue weighted by Crippen LogP contribution is -2.54. The van der Waals surface area contributed by atoms with E-state index < -0.39 is 27.7 Å². The van der Waals surface area contributed by atoms with Crippen LogP contribution in [0.25, 0.3) is 0 Å². The van der Waals surface area contributed by atoms with Crippen molar-refractivity contribution in [3.8, 4) is 0 Å². The summed E-state index contributed by atoms with van der Waals surface area (Å²) in [6.45, 7) is 2.94. The minimum Gasteiger partial charge on any atom is -0.339 e. The Labute approximate surface area is 129 Å². The molecule has 1 unspecified atom stereocenters. The van der Waals surface area contributed by atoms with Crippen LogP contribution in [0.15, 0.2) is 0 Å². The molecule has 0 aromatic rings. The Balaban J connectivity index is 1.92. The van der Waals surface area contributed by atoms with Gasteiger partial charge in [-0.15, -0.1) is 0 Å². The number of nitrogens with zero attached hydrogens (tertiary/aromatic N) is 3. The molecule has 2 aliphatic heterocycles. The highest BCUT2D eigenvalue weighted by atomic mass is 32.2. The van der Waals surface area contributed by atoms with Crippen molar-refractivity contribution < 1.29 is 22.8 Å². The third-order valence-corrected chi connectivity index (χ3v) is 6.02. The molecule has 0 radical (unpaired) electrons. The molecule has 0 bridgehead atoms. The molecule has 0 aromatic heterocycles. The second-order valence-electron chi connectivity index (χ2n) is 5.77. The maximum Gasteiger partial charge on any atom is 0.312 e. The minimum atomic E-state index is -3.10. The summed E-state index contributed by atoms with van der Waals surface area (Å²) in [6.07, 6.45) is 0.371. The van der Waals surface area contributed by atoms with E-state index in [9.17, 15) is 22.8 Å². The van der Waals surface area contributed by atoms with Gasteiger partial charge in [0.15, 0.2) is 9.84 Å². The van der Waals surface area contributed by atoms with Gasteiger partial charge in [0.25, 0.3) is 0 Å². The van der Waals surface area contributed by atoms with Gasteiger partial charge in [-0.05, 0) is 6.42 Å². The zero-order chi connectivity index (χ0) is 16.5. The number of sulfone groups is 1. The molecule has 124 valence electrons. The topological polar surface area (TPSA) is 95.1 Å². The molecule has 3 amide bonds. The molecule has 0 aromatic carbocycles. The zero-order valence-electron chi connectivity index (χ0n) is 12.8. The molecule has 2 heterocycles. The average Bonchev–Trinajstić information content (AvgIpc) is 2.85. The van der Waals surface area contributed by atoms with Gasteiger partial charge in [0.2, 0.25) is 5.91 Å². The van der Waals surface area contributed by atoms with E-state index in [2.05, 4.69) is 0 Å². The van der Waals surface area contributed by atoms with Crippen LogP contribution >= 0.6 is 0 Å². The Morgan fingerprint density at radius 1 is 1.05 bits per heavy atom. The molecule has 9 heteroatoms. The highest BCUT2D eigenvalue weighted by molar-refractivity contribution is 7.91. The molecule has 0 spiro atoms. The minimum absolute atomic E-state index is 0.0493. The molecule has 22 heavy (non-hydrogen) atoms. The van der Waals surface area contributed by atoms with Crippen molar-refractivity contribution in [2.45, 2.75) is 19.4 Å². The predicted molar refractivity (Wildman–Crippen MR) is 78.7 cm³/mol. The van der Waals surface area contributed by atoms with Crippen LogP contribution in [0.2, 0.25) is 0 Å². The van der Waals surface area contributed by atoms with Gasteiger partial charge in [0.1, 0.15) is 0 Å². The Bertz CT molecular complexity index is 580. The van der Waals surface area contributed by atoms with E-state index >= 15 is 0 Å². The molecular formula is C13H21N3O5S. The third-order valence-electron chi connectivity index (χ3n) is 4.27. The molecule has 0 saturated carbocycles. The second kappa shape index (κ2) is 6.23. The molecular weight excluding hydrogens is 310 g/mol. The van der Waals surface area contributed by atoms with Crippen LogP contribution in [-0.4, -0.2) is 91.6 Å². The molecule has 2 aliphatic rings. The normalized spacial score (nSPS) is 24.2. The van der Waals surface area contributed by atoms with Crippen molar-refractivity contribution in [2.24, 2.45) is 0 Å². The molecule has 0 aliphatic carbocycles. The average molecular weight is 331 g/mol. The van der Waals surface area contributed by atoms with Gasteiger partial charge in [-0.25, -0.2) is 8.42 Å². The van der Waals surface area contributed by atoms with Gasteiger partial charge in [-0.3, -0.25) is 14.4 Å². The van der Waals surface area contributed by atoms with Crippen molar-refractivity contribution in [2.75, 3.05) is 44.7 Å². The summed E-state index contributed by atoms with van der Waals surface area (Å²) in [6, 6.07) is -0.431. The van der Waals surface area contributed by atoms with E-state index in [-0.39, 0.29) is 17.4 Å². The monoisotopic (exact) mass is 331 g/mol. The van der Waals surface area contributed by atoms with E-state index in [1.807, 2.05) is 0 Å². The maximum atomic E-state index is 12.2. The number of rotatable bonds is 1. The van der Waals surface area contributed by atoms with Gasteiger partial charge >= 0.3 is 11.8 Å². The summed E-state index contributed by atoms with van der Waals surface area (Å²) in [5.41, 5.74) is 0. The standard InChI is InChI=1S/C13H21N3O5S/c1-10(17)15-4-6-16(7-5-15)13(19)12(18)14(2)11-3-8-22(20,21)9-11/h11H,3-9H2,1-2H3. The highest BCUT2D eigenvalue weighted by Crippen LogP contribution is 2.17. The summed E-state index contributed by atoms with van der Waals surface area (Å²) in [5, 5.41) is 0. The molecule has 8 nitrogen and oxygen atoms in total. The predicted octanol–water partition coefficient (Wildman–Crippen LogP) is -1.68. The molecule has 2 saturated heterocycles. The molecule has 0 N–H and O–H groups in total. The summed E-state index contributed by atoms with van der Waals surface area (Å²) < 4.78 is 22.9. The van der Waals surface area contributed by atoms with E-state index in [0.29, 0.717) is 32.6 Å². The first-order chi connectivity index (χ1) is 10.2. The number of hydrogen-bond donors (Lipinski definition) is 0. The Hall–Kier alpha value is -1.64. The Kier molecular flexibility index (Phi) is 4.74. The zero-order valence-corrected chi connectivity index (χ0v) is 13.6. The second-order valence-corrected chi connectivity index (χ2v) is 8.00. The molecule has 2 rings (SSSR count). The Morgan fingerprint density at radius 2 is 1.59 bits per heavy atom. The number of carbonyl (C=O) groups is 3. The number of hydrogen-bond acceptors (Lipinski definition) is 5. The van der Waals surface area contributed by atoms with Gasteiger partial charge in [-0.1, -0.05) is 0 Å². The lowest BCUT2D eigenvalue weighted by atomic mass is 10.2. The summed E-state index contributed by atoms with van der Waals surface area (Å²) >= 11 is 0. The quantitative estimate of drug-likeness (QED) is 0.535. The SMILES string of the molecule is CC(=O)N1CCN(C(=O)C(=O)N(C)C2CCS(=O)(=O)C2)CC1. The lowest BCUT2D eigenvalue weighted by molar-refractivity contribution is -0.153. The number of piperazine rings is 1. The van der Waals surface area contributed by atoms with E-state index in [0.717, 1.165) is 0 Å². The highest BCUT2D eigenvalue weighted by Gasteiger charge is 2.36. The largest absolute Gasteiger partial charge is 0.339 e. The van der Waals surface area contributed by atoms with Crippen LogP contribution < -0.4 is 0 Å². The summed E-state index contributed by atoms with van der Waals surface area (Å²) in [7, 11) is -1.63. The van der Waals surface area contributed by atoms with Crippen molar-refractivity contribution >= 4 is 27.6 Å². The number of likely N-dealkylation sites (N-methyl/N-ethyl adjacent to an activating group) is 1. The smallest absolute Gasteiger partial charge is 0.312 e. The fraction of sp³-hybridized carbons (Fsp3) is 0.769. The first kappa shape index (κ1) is 16.7. The van der Waals surface area contributed by atoms with Gasteiger partial charge < -0.3 is 14.7 Å². The summed E-state index contributed by atoms with van der Waals surface area (Å²) in [4.78, 5) is 40.0. The van der Waals surface area contributed by atoms with E-state index in [1.54, 1.807) is 4.90 Å². The van der Waals surface area contributed by atoms with Crippen LogP contribution in [0.4, 0.5) is 0 Å². The lowest BCUT2D eigenvalue weighted by Gasteiger charge is -2.35. The van der Waals surface area contributed by atoms with Gasteiger partial charge in [-0.2, -0.15) is 0 Å². The number of carbonyl (C=O) groups excluding carboxylic acids is 3. The van der Waals surface area contributed by atoms with Crippen LogP contribution in [0, 0.1) is 0 Å². The summed E-state index contributed by atoms with van der Waals surface area (Å²) in [5.74, 6) is -1.39. The first-order valence-electron chi connectivity index (χ1n) is 7.23. The fourth-order valence-electron chi connectivity index (χ4n) is 2.76. The number of amides is 3. The van der Waals surface area contributed by atoms with Crippen LogP contribution in [0.3, 0.4) is 0 Å². The third kappa shape index (κ3) is 3.57. The van der Waals surface area contributed by atoms with Crippen LogP contribution in [-0.2, 0) is 24.2 Å². The Morgan fingerprint density at radius 3 is 2.05 bits per heavy atom. The van der Waals surface area contributed by atoms with E-state index in [4.69, 9.17) is 0 Å². The van der Waals surface area contributed by atoms with Crippen molar-refractivity contribution in [3.63, 3.8) is 0 Å². The van der Waals surface area contributed by atoms with Crippen LogP contribution in [0.5, 0.6) is 0 Å². The van der Waals surface area contributed by atoms with Crippen molar-refractivity contribution in [1.82, 2.24) is 14.7 Å². The van der Waals surface area contributed by atoms with E-state index in [1.165, 1.54) is 23.8 Å². The van der Waals surface area contributed by atoms with Gasteiger partial charge in [0, 0.05) is 46.2 Å².